The maximum absolute atomic E-state index is 12.8. The normalized spacial score (nSPS) is 32.6. The van der Waals surface area contributed by atoms with Gasteiger partial charge in [0, 0.05) is 17.1 Å². The lowest BCUT2D eigenvalue weighted by molar-refractivity contribution is -0.124. The third kappa shape index (κ3) is 2.63. The Morgan fingerprint density at radius 2 is 2.09 bits per heavy atom. The van der Waals surface area contributed by atoms with Crippen molar-refractivity contribution >= 4 is 27.9 Å². The number of benzene rings is 1. The minimum atomic E-state index is -0.0384. The van der Waals surface area contributed by atoms with E-state index in [0.29, 0.717) is 12.0 Å². The Balaban J connectivity index is 1.51. The predicted octanol–water partition coefficient (Wildman–Crippen LogP) is 3.16. The summed E-state index contributed by atoms with van der Waals surface area (Å²) >= 11 is 3.51. The van der Waals surface area contributed by atoms with Gasteiger partial charge in [-0.2, -0.15) is 0 Å². The fourth-order valence-electron chi connectivity index (χ4n) is 4.13. The van der Waals surface area contributed by atoms with E-state index in [-0.39, 0.29) is 11.8 Å². The van der Waals surface area contributed by atoms with Gasteiger partial charge in [0.15, 0.2) is 0 Å². The second kappa shape index (κ2) is 5.82. The smallest absolute Gasteiger partial charge is 0.228 e. The van der Waals surface area contributed by atoms with Gasteiger partial charge >= 0.3 is 0 Å². The first-order valence-electron chi connectivity index (χ1n) is 8.19. The van der Waals surface area contributed by atoms with Gasteiger partial charge in [-0.25, -0.2) is 0 Å². The molecular weight excluding hydrogens is 340 g/mol. The van der Waals surface area contributed by atoms with Crippen LogP contribution in [0.4, 0.5) is 0 Å². The highest BCUT2D eigenvalue weighted by atomic mass is 79.9. The molecule has 3 heterocycles. The average molecular weight is 361 g/mol. The van der Waals surface area contributed by atoms with Crippen molar-refractivity contribution < 1.29 is 4.79 Å². The number of carbonyl (C=O) groups is 1. The van der Waals surface area contributed by atoms with Crippen LogP contribution >= 0.6 is 15.9 Å². The van der Waals surface area contributed by atoms with E-state index >= 15 is 0 Å². The van der Waals surface area contributed by atoms with Crippen LogP contribution in [0.2, 0.25) is 0 Å². The second-order valence-electron chi connectivity index (χ2n) is 6.72. The largest absolute Gasteiger partial charge is 0.351 e. The summed E-state index contributed by atoms with van der Waals surface area (Å²) in [6, 6.07) is 6.57. The number of rotatable bonds is 2. The summed E-state index contributed by atoms with van der Waals surface area (Å²) in [5, 5.41) is 3.35. The van der Waals surface area contributed by atoms with Crippen molar-refractivity contribution in [3.8, 4) is 0 Å². The standard InChI is InChI=1S/C18H21BrN2O/c19-14-4-5-15-13(10-14)2-1-3-16(15)18(22)20-17-11-21-8-6-12(17)7-9-21/h1-2,4-5,10,12,16-17H,3,6-9,11H2,(H,20,22)/t16-,17-/m1/s1. The fraction of sp³-hybridized carbons (Fsp3) is 0.500. The maximum atomic E-state index is 12.8. The number of allylic oxidation sites excluding steroid dienone is 1. The monoisotopic (exact) mass is 360 g/mol. The zero-order valence-corrected chi connectivity index (χ0v) is 14.2. The molecule has 116 valence electrons. The molecule has 3 nitrogen and oxygen atoms in total. The number of nitrogens with zero attached hydrogens (tertiary/aromatic N) is 1. The molecule has 0 radical (unpaired) electrons. The fourth-order valence-corrected chi connectivity index (χ4v) is 4.50. The van der Waals surface area contributed by atoms with Gasteiger partial charge in [0.25, 0.3) is 0 Å². The van der Waals surface area contributed by atoms with Crippen LogP contribution in [0.1, 0.15) is 36.3 Å². The molecule has 22 heavy (non-hydrogen) atoms. The highest BCUT2D eigenvalue weighted by molar-refractivity contribution is 9.10. The minimum Gasteiger partial charge on any atom is -0.351 e. The van der Waals surface area contributed by atoms with Crippen LogP contribution in [0, 0.1) is 5.92 Å². The Hall–Kier alpha value is -1.13. The van der Waals surface area contributed by atoms with Crippen LogP contribution in [-0.4, -0.2) is 36.5 Å². The minimum absolute atomic E-state index is 0.0384. The van der Waals surface area contributed by atoms with E-state index in [9.17, 15) is 4.79 Å². The van der Waals surface area contributed by atoms with Crippen LogP contribution in [0.3, 0.4) is 0 Å². The topological polar surface area (TPSA) is 32.3 Å². The summed E-state index contributed by atoms with van der Waals surface area (Å²) in [5.74, 6) is 0.840. The van der Waals surface area contributed by atoms with E-state index in [0.717, 1.165) is 28.6 Å². The Bertz CT molecular complexity index is 620. The highest BCUT2D eigenvalue weighted by Crippen LogP contribution is 2.33. The van der Waals surface area contributed by atoms with E-state index in [2.05, 4.69) is 50.4 Å². The summed E-state index contributed by atoms with van der Waals surface area (Å²) in [6.45, 7) is 3.45. The predicted molar refractivity (Wildman–Crippen MR) is 91.6 cm³/mol. The van der Waals surface area contributed by atoms with Gasteiger partial charge in [0.05, 0.1) is 5.92 Å². The van der Waals surface area contributed by atoms with Crippen molar-refractivity contribution in [1.82, 2.24) is 10.2 Å². The Kier molecular flexibility index (Phi) is 3.82. The molecule has 0 spiro atoms. The lowest BCUT2D eigenvalue weighted by Gasteiger charge is -2.45. The molecule has 5 rings (SSSR count). The van der Waals surface area contributed by atoms with Crippen molar-refractivity contribution in [2.24, 2.45) is 5.92 Å². The first-order valence-corrected chi connectivity index (χ1v) is 8.99. The quantitative estimate of drug-likeness (QED) is 0.878. The summed E-state index contributed by atoms with van der Waals surface area (Å²) < 4.78 is 1.06. The van der Waals surface area contributed by atoms with Crippen LogP contribution in [-0.2, 0) is 4.79 Å². The number of amides is 1. The molecule has 1 amide bonds. The molecular formula is C18H21BrN2O. The zero-order chi connectivity index (χ0) is 15.1. The van der Waals surface area contributed by atoms with Crippen LogP contribution in [0.15, 0.2) is 28.7 Å². The second-order valence-corrected chi connectivity index (χ2v) is 7.63. The zero-order valence-electron chi connectivity index (χ0n) is 12.6. The van der Waals surface area contributed by atoms with Crippen molar-refractivity contribution in [3.63, 3.8) is 0 Å². The average Bonchev–Trinajstić information content (AvgIpc) is 2.55. The Labute approximate surface area is 139 Å². The molecule has 1 N–H and O–H groups in total. The van der Waals surface area contributed by atoms with Crippen LogP contribution in [0.5, 0.6) is 0 Å². The number of hydrogen-bond acceptors (Lipinski definition) is 2. The van der Waals surface area contributed by atoms with E-state index in [1.165, 1.54) is 25.9 Å². The van der Waals surface area contributed by atoms with Gasteiger partial charge in [-0.1, -0.05) is 34.1 Å². The molecule has 2 bridgehead atoms. The molecule has 2 atom stereocenters. The number of piperidine rings is 3. The third-order valence-electron chi connectivity index (χ3n) is 5.39. The van der Waals surface area contributed by atoms with Crippen molar-refractivity contribution in [1.29, 1.82) is 0 Å². The lowest BCUT2D eigenvalue weighted by Crippen LogP contribution is -2.57. The molecule has 3 fully saturated rings. The molecule has 1 aromatic carbocycles. The highest BCUT2D eigenvalue weighted by Gasteiger charge is 2.36. The van der Waals surface area contributed by atoms with Gasteiger partial charge < -0.3 is 10.2 Å². The first-order chi connectivity index (χ1) is 10.7. The number of halogens is 1. The van der Waals surface area contributed by atoms with Gasteiger partial charge in [0.2, 0.25) is 5.91 Å². The molecule has 1 aromatic rings. The molecule has 0 unspecified atom stereocenters. The summed E-state index contributed by atoms with van der Waals surface area (Å²) in [6.07, 6.45) is 7.52. The SMILES string of the molecule is O=C(N[C@@H]1CN2CCC1CC2)[C@@H]1CC=Cc2cc(Br)ccc21. The van der Waals surface area contributed by atoms with E-state index in [4.69, 9.17) is 0 Å². The molecule has 0 saturated carbocycles. The molecule has 4 aliphatic rings. The van der Waals surface area contributed by atoms with E-state index in [1.807, 2.05) is 6.07 Å². The van der Waals surface area contributed by atoms with Crippen molar-refractivity contribution in [2.75, 3.05) is 19.6 Å². The van der Waals surface area contributed by atoms with Gasteiger partial charge in [-0.05, 0) is 61.5 Å². The number of hydrogen-bond donors (Lipinski definition) is 1. The summed E-state index contributed by atoms with van der Waals surface area (Å²) in [7, 11) is 0. The van der Waals surface area contributed by atoms with Crippen LogP contribution in [0.25, 0.3) is 6.08 Å². The first kappa shape index (κ1) is 14.5. The van der Waals surface area contributed by atoms with E-state index in [1.54, 1.807) is 0 Å². The van der Waals surface area contributed by atoms with Crippen LogP contribution < -0.4 is 5.32 Å². The Morgan fingerprint density at radius 3 is 2.82 bits per heavy atom. The number of fused-ring (bicyclic) bond motifs is 4. The molecule has 0 aromatic heterocycles. The molecule has 3 saturated heterocycles. The molecule has 4 heteroatoms. The lowest BCUT2D eigenvalue weighted by atomic mass is 9.82. The van der Waals surface area contributed by atoms with Gasteiger partial charge in [-0.15, -0.1) is 0 Å². The van der Waals surface area contributed by atoms with Gasteiger partial charge in [-0.3, -0.25) is 4.79 Å². The van der Waals surface area contributed by atoms with Crippen molar-refractivity contribution in [3.05, 3.63) is 39.9 Å². The maximum Gasteiger partial charge on any atom is 0.228 e. The molecule has 1 aliphatic carbocycles. The van der Waals surface area contributed by atoms with Gasteiger partial charge in [0.1, 0.15) is 0 Å². The summed E-state index contributed by atoms with van der Waals surface area (Å²) in [5.41, 5.74) is 2.32. The third-order valence-corrected chi connectivity index (χ3v) is 5.89. The Morgan fingerprint density at radius 1 is 1.27 bits per heavy atom. The van der Waals surface area contributed by atoms with E-state index < -0.39 is 0 Å². The number of carbonyl (C=O) groups excluding carboxylic acids is 1. The van der Waals surface area contributed by atoms with Crippen molar-refractivity contribution in [2.45, 2.75) is 31.2 Å². The number of nitrogens with one attached hydrogen (secondary N) is 1. The molecule has 3 aliphatic heterocycles. The summed E-state index contributed by atoms with van der Waals surface area (Å²) in [4.78, 5) is 15.3.